The van der Waals surface area contributed by atoms with Crippen molar-refractivity contribution in [2.45, 2.75) is 11.8 Å². The minimum absolute atomic E-state index is 0.201. The van der Waals surface area contributed by atoms with Crippen molar-refractivity contribution in [3.63, 3.8) is 0 Å². The summed E-state index contributed by atoms with van der Waals surface area (Å²) in [5.74, 6) is 3.59. The molecule has 5 heteroatoms. The maximum Gasteiger partial charge on any atom is 0.137 e. The van der Waals surface area contributed by atoms with Gasteiger partial charge in [0.25, 0.3) is 0 Å². The molecule has 0 amide bonds. The molecule has 1 aromatic carbocycles. The lowest BCUT2D eigenvalue weighted by atomic mass is 10.2. The minimum atomic E-state index is -0.201. The molecule has 1 aliphatic heterocycles. The van der Waals surface area contributed by atoms with Gasteiger partial charge in [-0.1, -0.05) is 6.07 Å². The molecule has 0 saturated carbocycles. The molecular formula is C12H15BrFNS2. The summed E-state index contributed by atoms with van der Waals surface area (Å²) < 4.78 is 13.6. The zero-order valence-corrected chi connectivity index (χ0v) is 12.6. The largest absolute Gasteiger partial charge is 0.312 e. The van der Waals surface area contributed by atoms with Crippen molar-refractivity contribution in [2.75, 3.05) is 23.8 Å². The molecule has 0 spiro atoms. The van der Waals surface area contributed by atoms with Gasteiger partial charge in [0.05, 0.1) is 4.47 Å². The first kappa shape index (κ1) is 13.7. The molecule has 1 unspecified atom stereocenters. The zero-order chi connectivity index (χ0) is 12.1. The Morgan fingerprint density at radius 1 is 1.41 bits per heavy atom. The van der Waals surface area contributed by atoms with Crippen LogP contribution in [0.4, 0.5) is 4.39 Å². The van der Waals surface area contributed by atoms with Gasteiger partial charge in [0, 0.05) is 35.6 Å². The van der Waals surface area contributed by atoms with Gasteiger partial charge in [-0.05, 0) is 33.6 Å². The first-order valence-corrected chi connectivity index (χ1v) is 8.59. The summed E-state index contributed by atoms with van der Waals surface area (Å²) in [6, 6.07) is 5.17. The number of hydrogen-bond acceptors (Lipinski definition) is 3. The molecule has 2 rings (SSSR count). The van der Waals surface area contributed by atoms with Gasteiger partial charge in [-0.2, -0.15) is 23.5 Å². The van der Waals surface area contributed by atoms with Gasteiger partial charge in [-0.3, -0.25) is 0 Å². The van der Waals surface area contributed by atoms with E-state index < -0.39 is 0 Å². The molecule has 1 saturated heterocycles. The van der Waals surface area contributed by atoms with Crippen LogP contribution >= 0.6 is 39.5 Å². The molecule has 1 aliphatic rings. The molecule has 0 bridgehead atoms. The summed E-state index contributed by atoms with van der Waals surface area (Å²) >= 11 is 7.29. The minimum Gasteiger partial charge on any atom is -0.312 e. The van der Waals surface area contributed by atoms with Crippen LogP contribution in [0.5, 0.6) is 0 Å². The van der Waals surface area contributed by atoms with Gasteiger partial charge in [-0.15, -0.1) is 0 Å². The lowest BCUT2D eigenvalue weighted by Crippen LogP contribution is -2.28. The molecule has 1 aromatic rings. The topological polar surface area (TPSA) is 12.0 Å². The van der Waals surface area contributed by atoms with Crippen molar-refractivity contribution in [3.8, 4) is 0 Å². The van der Waals surface area contributed by atoms with Gasteiger partial charge in [-0.25, -0.2) is 4.39 Å². The maximum atomic E-state index is 13.0. The molecular weight excluding hydrogens is 321 g/mol. The first-order valence-electron chi connectivity index (χ1n) is 5.59. The van der Waals surface area contributed by atoms with Crippen LogP contribution < -0.4 is 5.32 Å². The third kappa shape index (κ3) is 4.47. The van der Waals surface area contributed by atoms with E-state index in [1.807, 2.05) is 23.9 Å². The third-order valence-electron chi connectivity index (χ3n) is 2.57. The van der Waals surface area contributed by atoms with E-state index in [4.69, 9.17) is 0 Å². The van der Waals surface area contributed by atoms with E-state index in [0.29, 0.717) is 4.47 Å². The molecule has 1 heterocycles. The molecule has 1 fully saturated rings. The van der Waals surface area contributed by atoms with Crippen molar-refractivity contribution >= 4 is 39.5 Å². The second-order valence-corrected chi connectivity index (χ2v) is 7.36. The van der Waals surface area contributed by atoms with Gasteiger partial charge in [0.2, 0.25) is 0 Å². The Morgan fingerprint density at radius 2 is 2.29 bits per heavy atom. The van der Waals surface area contributed by atoms with Crippen LogP contribution in [0.2, 0.25) is 0 Å². The summed E-state index contributed by atoms with van der Waals surface area (Å²) in [5.41, 5.74) is 1.12. The summed E-state index contributed by atoms with van der Waals surface area (Å²) in [6.45, 7) is 1.84. The Kier molecular flexibility index (Phi) is 5.66. The third-order valence-corrected chi connectivity index (χ3v) is 6.02. The summed E-state index contributed by atoms with van der Waals surface area (Å²) in [5, 5.41) is 4.16. The van der Waals surface area contributed by atoms with Crippen LogP contribution in [0.15, 0.2) is 22.7 Å². The SMILES string of the molecule is Fc1ccc(CNCC2CSCCS2)cc1Br. The molecule has 0 aliphatic carbocycles. The number of benzene rings is 1. The predicted molar refractivity (Wildman–Crippen MR) is 79.4 cm³/mol. The van der Waals surface area contributed by atoms with Crippen LogP contribution in [0, 0.1) is 5.82 Å². The van der Waals surface area contributed by atoms with E-state index in [9.17, 15) is 4.39 Å². The lowest BCUT2D eigenvalue weighted by Gasteiger charge is -2.21. The fourth-order valence-corrected chi connectivity index (χ4v) is 4.75. The Hall–Kier alpha value is 0.290. The molecule has 17 heavy (non-hydrogen) atoms. The highest BCUT2D eigenvalue weighted by Crippen LogP contribution is 2.23. The van der Waals surface area contributed by atoms with Crippen molar-refractivity contribution in [2.24, 2.45) is 0 Å². The predicted octanol–water partition coefficient (Wildman–Crippen LogP) is 3.53. The Labute approximate surface area is 118 Å². The van der Waals surface area contributed by atoms with Crippen LogP contribution in [0.25, 0.3) is 0 Å². The smallest absolute Gasteiger partial charge is 0.137 e. The summed E-state index contributed by atoms with van der Waals surface area (Å²) in [7, 11) is 0. The Morgan fingerprint density at radius 3 is 3.00 bits per heavy atom. The summed E-state index contributed by atoms with van der Waals surface area (Å²) in [4.78, 5) is 0. The molecule has 0 aromatic heterocycles. The molecule has 1 nitrogen and oxygen atoms in total. The highest BCUT2D eigenvalue weighted by Gasteiger charge is 2.13. The van der Waals surface area contributed by atoms with Crippen LogP contribution in [-0.4, -0.2) is 29.1 Å². The number of hydrogen-bond donors (Lipinski definition) is 1. The van der Waals surface area contributed by atoms with E-state index in [-0.39, 0.29) is 5.82 Å². The van der Waals surface area contributed by atoms with Gasteiger partial charge in [0.15, 0.2) is 0 Å². The number of nitrogens with one attached hydrogen (secondary N) is 1. The van der Waals surface area contributed by atoms with E-state index >= 15 is 0 Å². The van der Waals surface area contributed by atoms with E-state index in [1.165, 1.54) is 23.3 Å². The monoisotopic (exact) mass is 335 g/mol. The highest BCUT2D eigenvalue weighted by atomic mass is 79.9. The summed E-state index contributed by atoms with van der Waals surface area (Å²) in [6.07, 6.45) is 0. The van der Waals surface area contributed by atoms with Crippen LogP contribution in [0.1, 0.15) is 5.56 Å². The van der Waals surface area contributed by atoms with E-state index in [2.05, 4.69) is 33.0 Å². The maximum absolute atomic E-state index is 13.0. The van der Waals surface area contributed by atoms with Gasteiger partial charge >= 0.3 is 0 Å². The number of thioether (sulfide) groups is 2. The van der Waals surface area contributed by atoms with Crippen molar-refractivity contribution < 1.29 is 4.39 Å². The molecule has 1 atom stereocenters. The highest BCUT2D eigenvalue weighted by molar-refractivity contribution is 9.10. The van der Waals surface area contributed by atoms with Gasteiger partial charge < -0.3 is 5.32 Å². The standard InChI is InChI=1S/C12H15BrFNS2/c13-11-5-9(1-2-12(11)14)6-15-7-10-8-16-3-4-17-10/h1-2,5,10,15H,3-4,6-8H2. The molecule has 0 radical (unpaired) electrons. The quantitative estimate of drug-likeness (QED) is 0.903. The Balaban J connectivity index is 1.75. The Bertz CT molecular complexity index is 370. The second-order valence-electron chi connectivity index (χ2n) is 3.95. The van der Waals surface area contributed by atoms with Crippen LogP contribution in [-0.2, 0) is 6.54 Å². The van der Waals surface area contributed by atoms with Crippen LogP contribution in [0.3, 0.4) is 0 Å². The average Bonchev–Trinajstić information content (AvgIpc) is 2.35. The second kappa shape index (κ2) is 7.02. The van der Waals surface area contributed by atoms with Crippen molar-refractivity contribution in [3.05, 3.63) is 34.1 Å². The normalized spacial score (nSPS) is 20.5. The molecule has 94 valence electrons. The fourth-order valence-electron chi connectivity index (χ4n) is 1.68. The van der Waals surface area contributed by atoms with E-state index in [1.54, 1.807) is 0 Å². The average molecular weight is 336 g/mol. The zero-order valence-electron chi connectivity index (χ0n) is 9.42. The molecule has 1 N–H and O–H groups in total. The fraction of sp³-hybridized carbons (Fsp3) is 0.500. The van der Waals surface area contributed by atoms with Crippen molar-refractivity contribution in [1.29, 1.82) is 0 Å². The van der Waals surface area contributed by atoms with E-state index in [0.717, 1.165) is 23.9 Å². The van der Waals surface area contributed by atoms with Crippen molar-refractivity contribution in [1.82, 2.24) is 5.32 Å². The lowest BCUT2D eigenvalue weighted by molar-refractivity contribution is 0.618. The number of halogens is 2. The first-order chi connectivity index (χ1) is 8.25. The number of rotatable bonds is 4. The van der Waals surface area contributed by atoms with Gasteiger partial charge in [0.1, 0.15) is 5.82 Å².